The van der Waals surface area contributed by atoms with Crippen LogP contribution in [0.3, 0.4) is 0 Å². The van der Waals surface area contributed by atoms with Crippen LogP contribution in [0.2, 0.25) is 0 Å². The monoisotopic (exact) mass is 366 g/mol. The first-order chi connectivity index (χ1) is 12.0. The Kier molecular flexibility index (Phi) is 5.19. The highest BCUT2D eigenvalue weighted by molar-refractivity contribution is 7.15. The lowest BCUT2D eigenvalue weighted by molar-refractivity contribution is -0.0597. The normalized spacial score (nSPS) is 23.9. The number of hydroxylamine groups is 2. The van der Waals surface area contributed by atoms with Gasteiger partial charge in [0, 0.05) is 6.54 Å². The van der Waals surface area contributed by atoms with Gasteiger partial charge in [-0.05, 0) is 35.8 Å². The van der Waals surface area contributed by atoms with E-state index in [1.807, 2.05) is 25.7 Å². The van der Waals surface area contributed by atoms with Crippen LogP contribution in [0.1, 0.15) is 41.9 Å². The molecule has 1 aliphatic rings. The van der Waals surface area contributed by atoms with E-state index in [9.17, 15) is 10.0 Å². The standard InChI is InChI=1S/C16H22N4O4S/c1-4-11-9-12(23-10-11)14(21)24-16-19(6-3)7-8-20(16,22)15-18-17-13(5-2)25-15/h9-10,16H,4-8H2,1-3H3. The van der Waals surface area contributed by atoms with Crippen molar-refractivity contribution >= 4 is 22.4 Å². The van der Waals surface area contributed by atoms with Gasteiger partial charge < -0.3 is 14.4 Å². The summed E-state index contributed by atoms with van der Waals surface area (Å²) in [5, 5.41) is 22.7. The number of esters is 1. The first-order valence-electron chi connectivity index (χ1n) is 8.45. The quantitative estimate of drug-likeness (QED) is 0.441. The molecule has 0 radical (unpaired) electrons. The Morgan fingerprint density at radius 2 is 2.24 bits per heavy atom. The molecule has 0 spiro atoms. The average molecular weight is 366 g/mol. The van der Waals surface area contributed by atoms with Crippen molar-refractivity contribution in [2.45, 2.75) is 40.0 Å². The van der Waals surface area contributed by atoms with Crippen molar-refractivity contribution in [1.29, 1.82) is 0 Å². The summed E-state index contributed by atoms with van der Waals surface area (Å²) in [6, 6.07) is 1.65. The lowest BCUT2D eigenvalue weighted by Gasteiger charge is -2.39. The summed E-state index contributed by atoms with van der Waals surface area (Å²) >= 11 is 1.27. The summed E-state index contributed by atoms with van der Waals surface area (Å²) in [5.74, 6) is -0.526. The maximum absolute atomic E-state index is 13.5. The third-order valence-electron chi connectivity index (χ3n) is 4.35. The number of aromatic nitrogens is 2. The largest absolute Gasteiger partial charge is 0.622 e. The first-order valence-corrected chi connectivity index (χ1v) is 9.27. The van der Waals surface area contributed by atoms with Crippen molar-refractivity contribution in [2.75, 3.05) is 19.6 Å². The van der Waals surface area contributed by atoms with E-state index in [2.05, 4.69) is 10.2 Å². The molecule has 8 nitrogen and oxygen atoms in total. The lowest BCUT2D eigenvalue weighted by atomic mass is 10.2. The van der Waals surface area contributed by atoms with Crippen LogP contribution < -0.4 is 4.65 Å². The van der Waals surface area contributed by atoms with Crippen molar-refractivity contribution in [1.82, 2.24) is 19.7 Å². The van der Waals surface area contributed by atoms with Crippen molar-refractivity contribution in [3.8, 4) is 0 Å². The molecule has 2 atom stereocenters. The molecule has 136 valence electrons. The number of quaternary nitrogens is 1. The molecule has 25 heavy (non-hydrogen) atoms. The Balaban J connectivity index is 1.85. The number of ether oxygens (including phenoxy) is 1. The summed E-state index contributed by atoms with van der Waals surface area (Å²) < 4.78 is 10.0. The number of hydrogen-bond donors (Lipinski definition) is 0. The molecule has 0 aliphatic carbocycles. The molecule has 0 aromatic carbocycles. The highest BCUT2D eigenvalue weighted by atomic mass is 32.1. The van der Waals surface area contributed by atoms with E-state index in [-0.39, 0.29) is 12.3 Å². The molecular formula is C16H22N4O4S. The maximum Gasteiger partial charge on any atom is 0.379 e. The lowest BCUT2D eigenvalue weighted by Crippen LogP contribution is -2.54. The van der Waals surface area contributed by atoms with Crippen LogP contribution in [-0.2, 0) is 17.6 Å². The van der Waals surface area contributed by atoms with E-state index in [1.165, 1.54) is 17.6 Å². The number of carbonyl (C=O) groups excluding carboxylic acids is 1. The number of hydrogen-bond acceptors (Lipinski definition) is 8. The number of furan rings is 1. The van der Waals surface area contributed by atoms with Crippen LogP contribution in [0, 0.1) is 5.21 Å². The van der Waals surface area contributed by atoms with E-state index >= 15 is 0 Å². The summed E-state index contributed by atoms with van der Waals surface area (Å²) in [4.78, 5) is 14.3. The number of likely N-dealkylation sites (N-methyl/N-ethyl adjacent to an activating group) is 1. The van der Waals surface area contributed by atoms with Gasteiger partial charge in [-0.15, -0.1) is 5.10 Å². The molecule has 1 fully saturated rings. The molecule has 0 N–H and O–H groups in total. The second-order valence-corrected chi connectivity index (χ2v) is 6.92. The third-order valence-corrected chi connectivity index (χ3v) is 5.53. The summed E-state index contributed by atoms with van der Waals surface area (Å²) in [5.41, 5.74) is 0.908. The van der Waals surface area contributed by atoms with Crippen molar-refractivity contribution < 1.29 is 13.9 Å². The fourth-order valence-corrected chi connectivity index (χ4v) is 3.64. The smallest absolute Gasteiger partial charge is 0.379 e. The molecular weight excluding hydrogens is 344 g/mol. The molecule has 0 amide bonds. The van der Waals surface area contributed by atoms with Crippen molar-refractivity contribution in [3.63, 3.8) is 0 Å². The third kappa shape index (κ3) is 3.32. The summed E-state index contributed by atoms with van der Waals surface area (Å²) in [7, 11) is 0. The van der Waals surface area contributed by atoms with Crippen LogP contribution in [-0.4, -0.2) is 47.1 Å². The van der Waals surface area contributed by atoms with Gasteiger partial charge in [-0.3, -0.25) is 4.65 Å². The van der Waals surface area contributed by atoms with Gasteiger partial charge in [0.25, 0.3) is 0 Å². The Hall–Kier alpha value is -1.81. The predicted octanol–water partition coefficient (Wildman–Crippen LogP) is 2.54. The van der Waals surface area contributed by atoms with Gasteiger partial charge in [-0.1, -0.05) is 25.9 Å². The van der Waals surface area contributed by atoms with Gasteiger partial charge in [0.15, 0.2) is 0 Å². The Bertz CT molecular complexity index is 746. The van der Waals surface area contributed by atoms with Crippen LogP contribution in [0.4, 0.5) is 5.13 Å². The highest BCUT2D eigenvalue weighted by Crippen LogP contribution is 2.35. The SMILES string of the molecule is CCc1coc(C(=O)OC2N(CC)CC[N+]2([O-])c2nnc(CC)s2)c1. The van der Waals surface area contributed by atoms with Gasteiger partial charge in [0.05, 0.1) is 12.8 Å². The molecule has 3 rings (SSSR count). The molecule has 2 unspecified atom stereocenters. The molecule has 0 saturated carbocycles. The van der Waals surface area contributed by atoms with Gasteiger partial charge in [0.1, 0.15) is 11.6 Å². The van der Waals surface area contributed by atoms with E-state index in [0.29, 0.717) is 24.6 Å². The molecule has 2 aromatic heterocycles. The molecule has 9 heteroatoms. The van der Waals surface area contributed by atoms with Gasteiger partial charge in [0.2, 0.25) is 5.76 Å². The average Bonchev–Trinajstić information content (AvgIpc) is 3.34. The number of carbonyl (C=O) groups is 1. The van der Waals surface area contributed by atoms with E-state index in [4.69, 9.17) is 9.15 Å². The zero-order valence-corrected chi connectivity index (χ0v) is 15.4. The molecule has 3 heterocycles. The van der Waals surface area contributed by atoms with E-state index in [0.717, 1.165) is 17.0 Å². The highest BCUT2D eigenvalue weighted by Gasteiger charge is 2.47. The molecule has 2 aromatic rings. The molecule has 1 saturated heterocycles. The topological polar surface area (TPSA) is 91.5 Å². The zero-order valence-electron chi connectivity index (χ0n) is 14.6. The van der Waals surface area contributed by atoms with Crippen LogP contribution in [0.25, 0.3) is 0 Å². The fourth-order valence-electron chi connectivity index (χ4n) is 2.79. The van der Waals surface area contributed by atoms with Crippen LogP contribution >= 0.6 is 11.3 Å². The van der Waals surface area contributed by atoms with Crippen molar-refractivity contribution in [2.24, 2.45) is 0 Å². The Labute approximate surface area is 150 Å². The summed E-state index contributed by atoms with van der Waals surface area (Å²) in [6.07, 6.45) is 2.02. The minimum atomic E-state index is -0.981. The Morgan fingerprint density at radius 3 is 2.84 bits per heavy atom. The summed E-state index contributed by atoms with van der Waals surface area (Å²) in [6.45, 7) is 7.24. The van der Waals surface area contributed by atoms with Crippen LogP contribution in [0.5, 0.6) is 0 Å². The predicted molar refractivity (Wildman–Crippen MR) is 93.9 cm³/mol. The van der Waals surface area contributed by atoms with Gasteiger partial charge >= 0.3 is 17.5 Å². The number of rotatable bonds is 6. The van der Waals surface area contributed by atoms with E-state index < -0.39 is 17.0 Å². The Morgan fingerprint density at radius 1 is 1.44 bits per heavy atom. The second kappa shape index (κ2) is 7.20. The fraction of sp³-hybridized carbons (Fsp3) is 0.562. The first kappa shape index (κ1) is 18.0. The molecule has 1 aliphatic heterocycles. The molecule has 0 bridgehead atoms. The second-order valence-electron chi connectivity index (χ2n) is 5.88. The van der Waals surface area contributed by atoms with Crippen LogP contribution in [0.15, 0.2) is 16.7 Å². The zero-order chi connectivity index (χ0) is 18.0. The van der Waals surface area contributed by atoms with E-state index in [1.54, 1.807) is 6.07 Å². The van der Waals surface area contributed by atoms with Gasteiger partial charge in [-0.2, -0.15) is 0 Å². The number of nitrogens with zero attached hydrogens (tertiary/aromatic N) is 4. The number of aryl methyl sites for hydroxylation is 2. The van der Waals surface area contributed by atoms with Gasteiger partial charge in [-0.25, -0.2) is 9.69 Å². The minimum absolute atomic E-state index is 0.109. The minimum Gasteiger partial charge on any atom is -0.622 e. The maximum atomic E-state index is 13.5. The van der Waals surface area contributed by atoms with Crippen molar-refractivity contribution in [3.05, 3.63) is 33.9 Å².